The predicted molar refractivity (Wildman–Crippen MR) is 93.2 cm³/mol. The molecule has 128 valence electrons. The van der Waals surface area contributed by atoms with Crippen LogP contribution in [-0.2, 0) is 14.4 Å². The molecule has 1 aromatic rings. The van der Waals surface area contributed by atoms with E-state index in [9.17, 15) is 14.4 Å². The van der Waals surface area contributed by atoms with E-state index < -0.39 is 0 Å². The number of anilines is 1. The average molecular weight is 394 g/mol. The van der Waals surface area contributed by atoms with Gasteiger partial charge in [0, 0.05) is 43.3 Å². The molecule has 1 saturated carbocycles. The molecule has 1 aliphatic heterocycles. The molecule has 3 amide bonds. The Kier molecular flexibility index (Phi) is 4.89. The molecule has 0 bridgehead atoms. The van der Waals surface area contributed by atoms with Gasteiger partial charge in [-0.3, -0.25) is 14.4 Å². The zero-order chi connectivity index (χ0) is 17.3. The van der Waals surface area contributed by atoms with Crippen molar-refractivity contribution in [1.29, 1.82) is 0 Å². The van der Waals surface area contributed by atoms with Crippen LogP contribution in [0.4, 0.5) is 5.69 Å². The molecule has 0 aromatic heterocycles. The highest BCUT2D eigenvalue weighted by atomic mass is 79.9. The van der Waals surface area contributed by atoms with E-state index >= 15 is 0 Å². The van der Waals surface area contributed by atoms with Crippen LogP contribution >= 0.6 is 15.9 Å². The average Bonchev–Trinajstić information content (AvgIpc) is 3.35. The van der Waals surface area contributed by atoms with Gasteiger partial charge in [0.2, 0.25) is 17.7 Å². The van der Waals surface area contributed by atoms with Crippen molar-refractivity contribution in [2.24, 2.45) is 11.8 Å². The molecule has 6 nitrogen and oxygen atoms in total. The minimum absolute atomic E-state index is 0.0348. The summed E-state index contributed by atoms with van der Waals surface area (Å²) in [6.07, 6.45) is 0.603. The Hall–Kier alpha value is -1.89. The first-order valence-electron chi connectivity index (χ1n) is 8.06. The molecule has 3 rings (SSSR count). The summed E-state index contributed by atoms with van der Waals surface area (Å²) in [5.74, 6) is -0.496. The van der Waals surface area contributed by atoms with E-state index in [1.165, 1.54) is 0 Å². The molecule has 1 aliphatic carbocycles. The van der Waals surface area contributed by atoms with Gasteiger partial charge in [-0.05, 0) is 24.6 Å². The predicted octanol–water partition coefficient (Wildman–Crippen LogP) is 1.71. The second kappa shape index (κ2) is 6.93. The van der Waals surface area contributed by atoms with Crippen molar-refractivity contribution in [3.8, 4) is 0 Å². The number of carbonyl (C=O) groups excluding carboxylic acids is 3. The maximum Gasteiger partial charge on any atom is 0.228 e. The van der Waals surface area contributed by atoms with Gasteiger partial charge >= 0.3 is 0 Å². The van der Waals surface area contributed by atoms with Crippen LogP contribution in [0.15, 0.2) is 28.7 Å². The molecular formula is C17H20BrN3O3. The van der Waals surface area contributed by atoms with Crippen LogP contribution in [-0.4, -0.2) is 53.7 Å². The van der Waals surface area contributed by atoms with Crippen LogP contribution in [0.1, 0.15) is 13.3 Å². The third kappa shape index (κ3) is 3.77. The summed E-state index contributed by atoms with van der Waals surface area (Å²) in [6.45, 7) is 3.79. The molecule has 1 N–H and O–H groups in total. The van der Waals surface area contributed by atoms with Gasteiger partial charge in [0.25, 0.3) is 0 Å². The second-order valence-corrected chi connectivity index (χ2v) is 7.20. The van der Waals surface area contributed by atoms with Gasteiger partial charge in [-0.1, -0.05) is 22.0 Å². The van der Waals surface area contributed by atoms with Crippen LogP contribution < -0.4 is 5.32 Å². The molecular weight excluding hydrogens is 374 g/mol. The number of hydrogen-bond acceptors (Lipinski definition) is 3. The van der Waals surface area contributed by atoms with Gasteiger partial charge < -0.3 is 15.1 Å². The summed E-state index contributed by atoms with van der Waals surface area (Å²) in [6, 6.07) is 7.39. The maximum atomic E-state index is 12.5. The zero-order valence-corrected chi connectivity index (χ0v) is 15.1. The van der Waals surface area contributed by atoms with Gasteiger partial charge in [0.1, 0.15) is 0 Å². The summed E-state index contributed by atoms with van der Waals surface area (Å²) in [5, 5.41) is 2.86. The Labute approximate surface area is 149 Å². The fourth-order valence-corrected chi connectivity index (χ4v) is 3.43. The number of carbonyl (C=O) groups is 3. The Morgan fingerprint density at radius 3 is 2.38 bits per heavy atom. The molecule has 7 heteroatoms. The Morgan fingerprint density at radius 2 is 1.75 bits per heavy atom. The van der Waals surface area contributed by atoms with Crippen molar-refractivity contribution >= 4 is 39.3 Å². The van der Waals surface area contributed by atoms with E-state index in [1.807, 2.05) is 24.3 Å². The zero-order valence-electron chi connectivity index (χ0n) is 13.5. The van der Waals surface area contributed by atoms with Crippen molar-refractivity contribution in [2.45, 2.75) is 13.3 Å². The van der Waals surface area contributed by atoms with Crippen LogP contribution in [0, 0.1) is 11.8 Å². The number of halogens is 1. The quantitative estimate of drug-likeness (QED) is 0.849. The van der Waals surface area contributed by atoms with E-state index in [0.717, 1.165) is 10.2 Å². The van der Waals surface area contributed by atoms with Crippen LogP contribution in [0.3, 0.4) is 0 Å². The number of benzene rings is 1. The van der Waals surface area contributed by atoms with Crippen molar-refractivity contribution in [1.82, 2.24) is 9.80 Å². The standard InChI is InChI=1S/C17H20BrN3O3/c1-11(22)20-5-7-21(8-6-20)17(24)15-10-14(15)16(23)19-13-4-2-3-12(18)9-13/h2-4,9,14-15H,5-8,10H2,1H3,(H,19,23). The molecule has 24 heavy (non-hydrogen) atoms. The van der Waals surface area contributed by atoms with E-state index in [1.54, 1.807) is 16.7 Å². The molecule has 0 radical (unpaired) electrons. The number of amides is 3. The monoisotopic (exact) mass is 393 g/mol. The Bertz CT molecular complexity index is 671. The van der Waals surface area contributed by atoms with Gasteiger partial charge in [-0.2, -0.15) is 0 Å². The van der Waals surface area contributed by atoms with E-state index in [-0.39, 0.29) is 29.6 Å². The first-order valence-corrected chi connectivity index (χ1v) is 8.86. The van der Waals surface area contributed by atoms with Gasteiger partial charge in [-0.15, -0.1) is 0 Å². The molecule has 1 heterocycles. The molecule has 0 spiro atoms. The summed E-state index contributed by atoms with van der Waals surface area (Å²) in [4.78, 5) is 39.6. The Morgan fingerprint density at radius 1 is 1.08 bits per heavy atom. The van der Waals surface area contributed by atoms with Gasteiger partial charge in [0.05, 0.1) is 11.8 Å². The molecule has 1 aromatic carbocycles. The topological polar surface area (TPSA) is 69.7 Å². The SMILES string of the molecule is CC(=O)N1CCN(C(=O)C2CC2C(=O)Nc2cccc(Br)c2)CC1. The number of hydrogen-bond donors (Lipinski definition) is 1. The summed E-state index contributed by atoms with van der Waals surface area (Å²) >= 11 is 3.37. The fraction of sp³-hybridized carbons (Fsp3) is 0.471. The Balaban J connectivity index is 1.50. The minimum atomic E-state index is -0.248. The highest BCUT2D eigenvalue weighted by molar-refractivity contribution is 9.10. The smallest absolute Gasteiger partial charge is 0.228 e. The third-order valence-electron chi connectivity index (χ3n) is 4.57. The van der Waals surface area contributed by atoms with Crippen LogP contribution in [0.25, 0.3) is 0 Å². The summed E-state index contributed by atoms with van der Waals surface area (Å²) < 4.78 is 0.895. The van der Waals surface area contributed by atoms with Crippen molar-refractivity contribution in [3.63, 3.8) is 0 Å². The second-order valence-electron chi connectivity index (χ2n) is 6.28. The van der Waals surface area contributed by atoms with Gasteiger partial charge in [-0.25, -0.2) is 0 Å². The molecule has 1 saturated heterocycles. The molecule has 2 atom stereocenters. The van der Waals surface area contributed by atoms with Crippen LogP contribution in [0.5, 0.6) is 0 Å². The number of nitrogens with zero attached hydrogens (tertiary/aromatic N) is 2. The normalized spacial score (nSPS) is 22.9. The maximum absolute atomic E-state index is 12.5. The van der Waals surface area contributed by atoms with Crippen molar-refractivity contribution in [2.75, 3.05) is 31.5 Å². The van der Waals surface area contributed by atoms with E-state index in [2.05, 4.69) is 21.2 Å². The number of nitrogens with one attached hydrogen (secondary N) is 1. The number of rotatable bonds is 3. The lowest BCUT2D eigenvalue weighted by atomic mass is 10.2. The largest absolute Gasteiger partial charge is 0.339 e. The first-order chi connectivity index (χ1) is 11.5. The van der Waals surface area contributed by atoms with E-state index in [4.69, 9.17) is 0 Å². The van der Waals surface area contributed by atoms with Crippen molar-refractivity contribution in [3.05, 3.63) is 28.7 Å². The highest BCUT2D eigenvalue weighted by Crippen LogP contribution is 2.41. The fourth-order valence-electron chi connectivity index (χ4n) is 3.04. The molecule has 2 fully saturated rings. The highest BCUT2D eigenvalue weighted by Gasteiger charge is 2.49. The lowest BCUT2D eigenvalue weighted by molar-refractivity contribution is -0.139. The van der Waals surface area contributed by atoms with Gasteiger partial charge in [0.15, 0.2) is 0 Å². The summed E-state index contributed by atoms with van der Waals surface area (Å²) in [5.41, 5.74) is 0.725. The number of piperazine rings is 1. The van der Waals surface area contributed by atoms with Crippen LogP contribution in [0.2, 0.25) is 0 Å². The third-order valence-corrected chi connectivity index (χ3v) is 5.07. The van der Waals surface area contributed by atoms with E-state index in [0.29, 0.717) is 32.6 Å². The minimum Gasteiger partial charge on any atom is -0.339 e. The molecule has 2 aliphatic rings. The lowest BCUT2D eigenvalue weighted by Crippen LogP contribution is -2.50. The summed E-state index contributed by atoms with van der Waals surface area (Å²) in [7, 11) is 0. The lowest BCUT2D eigenvalue weighted by Gasteiger charge is -2.34. The first kappa shape index (κ1) is 17.0. The molecule has 2 unspecified atom stereocenters. The van der Waals surface area contributed by atoms with Crippen molar-refractivity contribution < 1.29 is 14.4 Å².